The minimum atomic E-state index is -3.54. The maximum atomic E-state index is 13.1. The Morgan fingerprint density at radius 2 is 1.71 bits per heavy atom. The van der Waals surface area contributed by atoms with Crippen molar-refractivity contribution in [3.8, 4) is 0 Å². The normalized spacial score (nSPS) is 21.7. The predicted molar refractivity (Wildman–Crippen MR) is 104 cm³/mol. The molecule has 2 aliphatic rings. The van der Waals surface area contributed by atoms with Gasteiger partial charge in [0.05, 0.1) is 6.04 Å². The Morgan fingerprint density at radius 3 is 2.39 bits per heavy atom. The van der Waals surface area contributed by atoms with Crippen molar-refractivity contribution in [3.63, 3.8) is 0 Å². The monoisotopic (exact) mass is 400 g/mol. The van der Waals surface area contributed by atoms with E-state index in [0.29, 0.717) is 25.9 Å². The Bertz CT molecular complexity index is 913. The highest BCUT2D eigenvalue weighted by atomic mass is 32.2. The van der Waals surface area contributed by atoms with Crippen LogP contribution in [0.5, 0.6) is 0 Å². The average Bonchev–Trinajstić information content (AvgIpc) is 3.24. The van der Waals surface area contributed by atoms with Crippen molar-refractivity contribution in [1.29, 1.82) is 0 Å². The molecule has 0 bridgehead atoms. The topological polar surface area (TPSA) is 83.5 Å². The van der Waals surface area contributed by atoms with Crippen LogP contribution < -0.4 is 0 Å². The standard InChI is InChI=1S/C20H24N4O3S/c25-20(24-12-2-4-19(24)16-5-10-21-11-6-16)17-7-13-23(14-8-17)28(26,27)18-3-1-9-22-15-18/h1,3,5-6,9-11,15,17,19H,2,4,7-8,12-14H2/t19-/m1/s1. The van der Waals surface area contributed by atoms with Crippen LogP contribution in [0.3, 0.4) is 0 Å². The summed E-state index contributed by atoms with van der Waals surface area (Å²) < 4.78 is 27.0. The van der Waals surface area contributed by atoms with E-state index in [2.05, 4.69) is 9.97 Å². The lowest BCUT2D eigenvalue weighted by molar-refractivity contribution is -0.137. The molecule has 4 heterocycles. The van der Waals surface area contributed by atoms with Gasteiger partial charge in [-0.05, 0) is 55.5 Å². The zero-order valence-corrected chi connectivity index (χ0v) is 16.5. The van der Waals surface area contributed by atoms with Crippen LogP contribution in [0.25, 0.3) is 0 Å². The van der Waals surface area contributed by atoms with E-state index in [-0.39, 0.29) is 22.8 Å². The highest BCUT2D eigenvalue weighted by molar-refractivity contribution is 7.89. The van der Waals surface area contributed by atoms with Gasteiger partial charge in [0.1, 0.15) is 4.90 Å². The lowest BCUT2D eigenvalue weighted by Crippen LogP contribution is -2.44. The summed E-state index contributed by atoms with van der Waals surface area (Å²) >= 11 is 0. The van der Waals surface area contributed by atoms with Gasteiger partial charge in [-0.15, -0.1) is 0 Å². The molecule has 0 aliphatic carbocycles. The highest BCUT2D eigenvalue weighted by Gasteiger charge is 2.37. The van der Waals surface area contributed by atoms with Crippen molar-refractivity contribution in [1.82, 2.24) is 19.2 Å². The molecule has 2 aliphatic heterocycles. The molecule has 0 spiro atoms. The average molecular weight is 401 g/mol. The Kier molecular flexibility index (Phi) is 5.41. The van der Waals surface area contributed by atoms with E-state index in [0.717, 1.165) is 24.9 Å². The number of aromatic nitrogens is 2. The van der Waals surface area contributed by atoms with Crippen molar-refractivity contribution >= 4 is 15.9 Å². The molecule has 2 aromatic rings. The lowest BCUT2D eigenvalue weighted by Gasteiger charge is -2.34. The molecule has 2 fully saturated rings. The number of rotatable bonds is 4. The third-order valence-corrected chi connectivity index (χ3v) is 7.58. The van der Waals surface area contributed by atoms with Crippen LogP contribution in [0.15, 0.2) is 53.9 Å². The van der Waals surface area contributed by atoms with Gasteiger partial charge in [-0.1, -0.05) is 0 Å². The summed E-state index contributed by atoms with van der Waals surface area (Å²) in [4.78, 5) is 23.3. The molecule has 0 radical (unpaired) electrons. The van der Waals surface area contributed by atoms with Gasteiger partial charge >= 0.3 is 0 Å². The number of hydrogen-bond donors (Lipinski definition) is 0. The Balaban J connectivity index is 1.42. The third-order valence-electron chi connectivity index (χ3n) is 5.70. The second kappa shape index (κ2) is 7.97. The molecule has 1 atom stereocenters. The summed E-state index contributed by atoms with van der Waals surface area (Å²) in [6.07, 6.45) is 9.51. The van der Waals surface area contributed by atoms with E-state index in [1.165, 1.54) is 10.5 Å². The van der Waals surface area contributed by atoms with Crippen LogP contribution in [0, 0.1) is 5.92 Å². The van der Waals surface area contributed by atoms with E-state index in [1.807, 2.05) is 17.0 Å². The maximum Gasteiger partial charge on any atom is 0.244 e. The zero-order chi connectivity index (χ0) is 19.6. The van der Waals surface area contributed by atoms with Gasteiger partial charge in [-0.3, -0.25) is 14.8 Å². The molecular weight excluding hydrogens is 376 g/mol. The van der Waals surface area contributed by atoms with Crippen LogP contribution >= 0.6 is 0 Å². The summed E-state index contributed by atoms with van der Waals surface area (Å²) in [6.45, 7) is 1.49. The fraction of sp³-hybridized carbons (Fsp3) is 0.450. The largest absolute Gasteiger partial charge is 0.335 e. The van der Waals surface area contributed by atoms with Gasteiger partial charge in [0.25, 0.3) is 0 Å². The summed E-state index contributed by atoms with van der Waals surface area (Å²) in [7, 11) is -3.54. The number of hydrogen-bond acceptors (Lipinski definition) is 5. The van der Waals surface area contributed by atoms with Crippen molar-refractivity contribution in [2.45, 2.75) is 36.6 Å². The molecule has 28 heavy (non-hydrogen) atoms. The van der Waals surface area contributed by atoms with Crippen LogP contribution in [0.4, 0.5) is 0 Å². The maximum absolute atomic E-state index is 13.1. The number of pyridine rings is 2. The number of piperidine rings is 1. The minimum absolute atomic E-state index is 0.104. The molecule has 148 valence electrons. The first-order valence-electron chi connectivity index (χ1n) is 9.68. The van der Waals surface area contributed by atoms with Crippen LogP contribution in [-0.4, -0.2) is 53.1 Å². The zero-order valence-electron chi connectivity index (χ0n) is 15.6. The van der Waals surface area contributed by atoms with Gasteiger partial charge in [-0.2, -0.15) is 4.31 Å². The van der Waals surface area contributed by atoms with Crippen molar-refractivity contribution in [2.24, 2.45) is 5.92 Å². The molecule has 2 saturated heterocycles. The molecule has 4 rings (SSSR count). The number of sulfonamides is 1. The van der Waals surface area contributed by atoms with Crippen molar-refractivity contribution in [2.75, 3.05) is 19.6 Å². The van der Waals surface area contributed by atoms with Crippen LogP contribution in [0.2, 0.25) is 0 Å². The van der Waals surface area contributed by atoms with Crippen LogP contribution in [-0.2, 0) is 14.8 Å². The number of nitrogens with zero attached hydrogens (tertiary/aromatic N) is 4. The second-order valence-electron chi connectivity index (χ2n) is 7.34. The minimum Gasteiger partial charge on any atom is -0.335 e. The fourth-order valence-corrected chi connectivity index (χ4v) is 5.62. The van der Waals surface area contributed by atoms with E-state index >= 15 is 0 Å². The first-order chi connectivity index (χ1) is 13.6. The molecule has 0 unspecified atom stereocenters. The molecular formula is C20H24N4O3S. The van der Waals surface area contributed by atoms with E-state index in [1.54, 1.807) is 30.7 Å². The summed E-state index contributed by atoms with van der Waals surface area (Å²) in [5, 5.41) is 0. The quantitative estimate of drug-likeness (QED) is 0.786. The lowest BCUT2D eigenvalue weighted by atomic mass is 9.95. The van der Waals surface area contributed by atoms with Gasteiger partial charge in [0.2, 0.25) is 15.9 Å². The van der Waals surface area contributed by atoms with E-state index in [9.17, 15) is 13.2 Å². The molecule has 0 N–H and O–H groups in total. The number of amides is 1. The van der Waals surface area contributed by atoms with E-state index < -0.39 is 10.0 Å². The molecule has 1 amide bonds. The fourth-order valence-electron chi connectivity index (χ4n) is 4.19. The third kappa shape index (κ3) is 3.66. The molecule has 7 nitrogen and oxygen atoms in total. The Morgan fingerprint density at radius 1 is 0.964 bits per heavy atom. The van der Waals surface area contributed by atoms with Crippen molar-refractivity contribution < 1.29 is 13.2 Å². The summed E-state index contributed by atoms with van der Waals surface area (Å²) in [5.74, 6) is 0.0283. The molecule has 0 aromatic carbocycles. The number of carbonyl (C=O) groups excluding carboxylic acids is 1. The summed E-state index contributed by atoms with van der Waals surface area (Å²) in [5.41, 5.74) is 1.12. The van der Waals surface area contributed by atoms with Gasteiger partial charge in [-0.25, -0.2) is 8.42 Å². The van der Waals surface area contributed by atoms with Gasteiger partial charge < -0.3 is 4.90 Å². The number of carbonyl (C=O) groups is 1. The van der Waals surface area contributed by atoms with Gasteiger partial charge in [0.15, 0.2) is 0 Å². The Hall–Kier alpha value is -2.32. The highest BCUT2D eigenvalue weighted by Crippen LogP contribution is 2.34. The van der Waals surface area contributed by atoms with Crippen LogP contribution in [0.1, 0.15) is 37.3 Å². The SMILES string of the molecule is O=C(C1CCN(S(=O)(=O)c2cccnc2)CC1)N1CCC[C@@H]1c1ccncc1. The number of likely N-dealkylation sites (tertiary alicyclic amines) is 1. The second-order valence-corrected chi connectivity index (χ2v) is 9.28. The van der Waals surface area contributed by atoms with E-state index in [4.69, 9.17) is 0 Å². The first-order valence-corrected chi connectivity index (χ1v) is 11.1. The van der Waals surface area contributed by atoms with Crippen molar-refractivity contribution in [3.05, 3.63) is 54.6 Å². The smallest absolute Gasteiger partial charge is 0.244 e. The van der Waals surface area contributed by atoms with Gasteiger partial charge in [0, 0.05) is 50.3 Å². The molecule has 2 aromatic heterocycles. The Labute approximate surface area is 165 Å². The molecule has 8 heteroatoms. The first kappa shape index (κ1) is 19.0. The summed E-state index contributed by atoms with van der Waals surface area (Å²) in [6, 6.07) is 7.23. The predicted octanol–water partition coefficient (Wildman–Crippen LogP) is 2.24. The molecule has 0 saturated carbocycles.